The van der Waals surface area contributed by atoms with Crippen molar-refractivity contribution < 1.29 is 22.4 Å². The Morgan fingerprint density at radius 2 is 1.72 bits per heavy atom. The topological polar surface area (TPSA) is 68.9 Å². The summed E-state index contributed by atoms with van der Waals surface area (Å²) in [6.45, 7) is 0.437. The number of aromatic nitrogens is 3. The summed E-state index contributed by atoms with van der Waals surface area (Å²) in [4.78, 5) is 24.7. The van der Waals surface area contributed by atoms with E-state index in [1.807, 2.05) is 5.32 Å². The normalized spacial score (nSPS) is 13.2. The Morgan fingerprint density at radius 3 is 2.41 bits per heavy atom. The van der Waals surface area contributed by atoms with Crippen LogP contribution in [0.3, 0.4) is 0 Å². The van der Waals surface area contributed by atoms with Crippen molar-refractivity contribution in [1.29, 1.82) is 0 Å². The number of benzene rings is 2. The number of hydrogen-bond donors (Lipinski definition) is 1. The van der Waals surface area contributed by atoms with Crippen molar-refractivity contribution in [3.63, 3.8) is 0 Å². The van der Waals surface area contributed by atoms with Crippen molar-refractivity contribution in [2.75, 3.05) is 5.32 Å². The number of hydrogen-bond acceptors (Lipinski definition) is 3. The van der Waals surface area contributed by atoms with Crippen LogP contribution < -0.4 is 11.0 Å². The molecule has 150 valence electrons. The highest BCUT2D eigenvalue weighted by atomic mass is 19.1. The Labute approximate surface area is 161 Å². The van der Waals surface area contributed by atoms with E-state index >= 15 is 0 Å². The van der Waals surface area contributed by atoms with Gasteiger partial charge in [0, 0.05) is 19.0 Å². The van der Waals surface area contributed by atoms with Crippen molar-refractivity contribution >= 4 is 11.6 Å². The average molecular weight is 406 g/mol. The van der Waals surface area contributed by atoms with Gasteiger partial charge in [0.25, 0.3) is 5.91 Å². The fourth-order valence-electron chi connectivity index (χ4n) is 3.23. The monoisotopic (exact) mass is 406 g/mol. The summed E-state index contributed by atoms with van der Waals surface area (Å²) in [6.07, 6.45) is 2.15. The lowest BCUT2D eigenvalue weighted by molar-refractivity contribution is 0.102. The number of aryl methyl sites for hydroxylation is 1. The third kappa shape index (κ3) is 3.30. The van der Waals surface area contributed by atoms with Gasteiger partial charge >= 0.3 is 5.69 Å². The van der Waals surface area contributed by atoms with Gasteiger partial charge in [-0.1, -0.05) is 6.07 Å². The van der Waals surface area contributed by atoms with Gasteiger partial charge in [-0.15, -0.1) is 5.10 Å². The molecular formula is C19H14F4N4O2. The molecule has 0 saturated heterocycles. The molecule has 29 heavy (non-hydrogen) atoms. The second-order valence-electron chi connectivity index (χ2n) is 6.55. The van der Waals surface area contributed by atoms with Gasteiger partial charge < -0.3 is 5.32 Å². The fraction of sp³-hybridized carbons (Fsp3) is 0.211. The molecule has 0 fully saturated rings. The molecule has 10 heteroatoms. The molecule has 1 aromatic heterocycles. The van der Waals surface area contributed by atoms with E-state index in [-0.39, 0.29) is 0 Å². The number of carbonyl (C=O) groups excluding carboxylic acids is 1. The summed E-state index contributed by atoms with van der Waals surface area (Å²) < 4.78 is 58.6. The quantitative estimate of drug-likeness (QED) is 0.680. The van der Waals surface area contributed by atoms with Crippen LogP contribution in [0.5, 0.6) is 0 Å². The summed E-state index contributed by atoms with van der Waals surface area (Å²) in [5.74, 6) is -5.15. The van der Waals surface area contributed by atoms with Crippen LogP contribution in [0, 0.1) is 23.3 Å². The minimum atomic E-state index is -1.24. The Kier molecular flexibility index (Phi) is 4.69. The van der Waals surface area contributed by atoms with Crippen LogP contribution in [0.2, 0.25) is 0 Å². The largest absolute Gasteiger partial charge is 0.350 e. The minimum Gasteiger partial charge on any atom is -0.317 e. The van der Waals surface area contributed by atoms with Crippen LogP contribution in [0.4, 0.5) is 23.2 Å². The predicted molar refractivity (Wildman–Crippen MR) is 95.0 cm³/mol. The SMILES string of the molecule is O=C(Nc1c(F)cccc1F)c1cc(F)c(-n2nc3n(c2=O)CCCC3)cc1F. The summed E-state index contributed by atoms with van der Waals surface area (Å²) in [7, 11) is 0. The lowest BCUT2D eigenvalue weighted by Crippen LogP contribution is -2.27. The molecule has 0 saturated carbocycles. The van der Waals surface area contributed by atoms with Crippen molar-refractivity contribution in [3.8, 4) is 5.69 Å². The van der Waals surface area contributed by atoms with Crippen molar-refractivity contribution in [2.45, 2.75) is 25.8 Å². The second kappa shape index (κ2) is 7.19. The molecule has 0 aliphatic carbocycles. The molecule has 6 nitrogen and oxygen atoms in total. The van der Waals surface area contributed by atoms with E-state index in [1.54, 1.807) is 0 Å². The Hall–Kier alpha value is -3.43. The first-order chi connectivity index (χ1) is 13.9. The smallest absolute Gasteiger partial charge is 0.317 e. The second-order valence-corrected chi connectivity index (χ2v) is 6.55. The number of amides is 1. The first-order valence-corrected chi connectivity index (χ1v) is 8.80. The van der Waals surface area contributed by atoms with Crippen LogP contribution in [0.25, 0.3) is 5.69 Å². The van der Waals surface area contributed by atoms with E-state index < -0.39 is 51.8 Å². The molecule has 0 spiro atoms. The first-order valence-electron chi connectivity index (χ1n) is 8.80. The summed E-state index contributed by atoms with van der Waals surface area (Å²) >= 11 is 0. The maximum Gasteiger partial charge on any atom is 0.350 e. The number of nitrogens with zero attached hydrogens (tertiary/aromatic N) is 3. The molecule has 1 amide bonds. The van der Waals surface area contributed by atoms with E-state index in [4.69, 9.17) is 0 Å². The van der Waals surface area contributed by atoms with Crippen LogP contribution >= 0.6 is 0 Å². The predicted octanol–water partition coefficient (Wildman–Crippen LogP) is 3.18. The Morgan fingerprint density at radius 1 is 1.00 bits per heavy atom. The molecule has 1 aliphatic heterocycles. The number of nitrogens with one attached hydrogen (secondary N) is 1. The van der Waals surface area contributed by atoms with E-state index in [9.17, 15) is 27.2 Å². The fourth-order valence-corrected chi connectivity index (χ4v) is 3.23. The number of fused-ring (bicyclic) bond motifs is 1. The molecule has 0 radical (unpaired) electrons. The summed E-state index contributed by atoms with van der Waals surface area (Å²) in [6, 6.07) is 4.13. The minimum absolute atomic E-state index is 0.437. The van der Waals surface area contributed by atoms with Gasteiger partial charge in [0.15, 0.2) is 0 Å². The number of para-hydroxylation sites is 1. The van der Waals surface area contributed by atoms with E-state index in [2.05, 4.69) is 5.10 Å². The Balaban J connectivity index is 1.70. The third-order valence-corrected chi connectivity index (χ3v) is 4.68. The van der Waals surface area contributed by atoms with Crippen molar-refractivity contribution in [2.24, 2.45) is 0 Å². The third-order valence-electron chi connectivity index (χ3n) is 4.68. The maximum absolute atomic E-state index is 14.6. The first kappa shape index (κ1) is 18.9. The molecule has 1 aliphatic rings. The number of halogens is 4. The molecule has 0 unspecified atom stereocenters. The highest BCUT2D eigenvalue weighted by molar-refractivity contribution is 6.04. The maximum atomic E-state index is 14.6. The van der Waals surface area contributed by atoms with Gasteiger partial charge in [-0.3, -0.25) is 9.36 Å². The molecule has 4 rings (SSSR count). The molecule has 3 aromatic rings. The lowest BCUT2D eigenvalue weighted by Gasteiger charge is -2.10. The standard InChI is InChI=1S/C19H14F4N4O2/c20-11-4-3-5-12(21)17(11)24-18(28)10-8-14(23)15(9-13(10)22)27-19(29)26-7-2-1-6-16(26)25-27/h3-5,8-9H,1-2,6-7H2,(H,24,28). The van der Waals surface area contributed by atoms with Crippen molar-refractivity contribution in [1.82, 2.24) is 14.3 Å². The van der Waals surface area contributed by atoms with Gasteiger partial charge in [0.05, 0.1) is 5.56 Å². The van der Waals surface area contributed by atoms with Crippen LogP contribution in [0.1, 0.15) is 29.0 Å². The molecule has 2 heterocycles. The molecule has 0 atom stereocenters. The van der Waals surface area contributed by atoms with E-state index in [0.717, 1.165) is 35.7 Å². The van der Waals surface area contributed by atoms with Crippen molar-refractivity contribution in [3.05, 3.63) is 75.5 Å². The molecular weight excluding hydrogens is 392 g/mol. The highest BCUT2D eigenvalue weighted by Crippen LogP contribution is 2.22. The van der Waals surface area contributed by atoms with Gasteiger partial charge in [-0.25, -0.2) is 22.4 Å². The number of carbonyl (C=O) groups is 1. The number of anilines is 1. The summed E-state index contributed by atoms with van der Waals surface area (Å²) in [5, 5.41) is 5.94. The van der Waals surface area contributed by atoms with Gasteiger partial charge in [0.1, 0.15) is 40.5 Å². The van der Waals surface area contributed by atoms with E-state index in [0.29, 0.717) is 30.9 Å². The van der Waals surface area contributed by atoms with Gasteiger partial charge in [0.2, 0.25) is 0 Å². The Bertz CT molecular complexity index is 1170. The zero-order valence-corrected chi connectivity index (χ0v) is 14.9. The molecule has 2 aromatic carbocycles. The average Bonchev–Trinajstić information content (AvgIpc) is 3.03. The zero-order chi connectivity index (χ0) is 20.7. The van der Waals surface area contributed by atoms with E-state index in [1.165, 1.54) is 4.57 Å². The van der Waals surface area contributed by atoms with Gasteiger partial charge in [-0.2, -0.15) is 4.68 Å². The number of rotatable bonds is 3. The van der Waals surface area contributed by atoms with Crippen LogP contribution in [-0.2, 0) is 13.0 Å². The van der Waals surface area contributed by atoms with Crippen LogP contribution in [-0.4, -0.2) is 20.3 Å². The summed E-state index contributed by atoms with van der Waals surface area (Å²) in [5.41, 5.74) is -2.61. The van der Waals surface area contributed by atoms with Gasteiger partial charge in [-0.05, 0) is 31.0 Å². The highest BCUT2D eigenvalue weighted by Gasteiger charge is 2.23. The molecule has 0 bridgehead atoms. The van der Waals surface area contributed by atoms with Crippen LogP contribution in [0.15, 0.2) is 35.1 Å². The zero-order valence-electron chi connectivity index (χ0n) is 14.9. The molecule has 1 N–H and O–H groups in total. The lowest BCUT2D eigenvalue weighted by atomic mass is 10.1.